The lowest BCUT2D eigenvalue weighted by molar-refractivity contribution is -0.132. The number of nitriles is 1. The first-order chi connectivity index (χ1) is 33.1. The largest absolute Gasteiger partial charge is 0.378 e. The van der Waals surface area contributed by atoms with Crippen LogP contribution >= 0.6 is 22.9 Å². The lowest BCUT2D eigenvalue weighted by Gasteiger charge is -2.39. The highest BCUT2D eigenvalue weighted by atomic mass is 35.5. The van der Waals surface area contributed by atoms with Crippen molar-refractivity contribution >= 4 is 64.0 Å². The fraction of sp³-hybridized carbons (Fsp3) is 0.440. The van der Waals surface area contributed by atoms with Gasteiger partial charge in [-0.15, -0.1) is 11.3 Å². The van der Waals surface area contributed by atoms with Crippen molar-refractivity contribution in [3.8, 4) is 17.2 Å². The maximum atomic E-state index is 12.9. The van der Waals surface area contributed by atoms with Crippen molar-refractivity contribution in [3.05, 3.63) is 105 Å². The van der Waals surface area contributed by atoms with Crippen molar-refractivity contribution in [2.24, 2.45) is 5.92 Å². The van der Waals surface area contributed by atoms with Gasteiger partial charge in [0.15, 0.2) is 0 Å². The molecular formula is C50H60ClN7O9S. The molecular weight excluding hydrogens is 910 g/mol. The number of carbonyl (C=O) groups excluding carboxylic acids is 4. The number of piperidine rings is 1. The molecule has 2 aliphatic heterocycles. The summed E-state index contributed by atoms with van der Waals surface area (Å²) in [6, 6.07) is 23.2. The fourth-order valence-electron chi connectivity index (χ4n) is 8.05. The van der Waals surface area contributed by atoms with Gasteiger partial charge in [0.05, 0.1) is 78.0 Å². The van der Waals surface area contributed by atoms with E-state index in [1.165, 1.54) is 17.4 Å². The van der Waals surface area contributed by atoms with Gasteiger partial charge in [0.25, 0.3) is 11.8 Å². The Bertz CT molecular complexity index is 2330. The van der Waals surface area contributed by atoms with Gasteiger partial charge >= 0.3 is 0 Å². The number of benzene rings is 3. The Morgan fingerprint density at radius 2 is 1.46 bits per heavy atom. The van der Waals surface area contributed by atoms with Crippen LogP contribution in [0.15, 0.2) is 83.9 Å². The molecule has 0 bridgehead atoms. The maximum Gasteiger partial charge on any atom is 0.264 e. The number of nitrogens with one attached hydrogen (secondary N) is 3. The predicted octanol–water partition coefficient (Wildman–Crippen LogP) is 6.54. The van der Waals surface area contributed by atoms with Crippen LogP contribution in [0.2, 0.25) is 5.02 Å². The molecule has 3 N–H and O–H groups in total. The highest BCUT2D eigenvalue weighted by Gasteiger charge is 2.33. The van der Waals surface area contributed by atoms with E-state index in [9.17, 15) is 24.4 Å². The highest BCUT2D eigenvalue weighted by Crippen LogP contribution is 2.41. The predicted molar refractivity (Wildman–Crippen MR) is 261 cm³/mol. The number of halogens is 1. The van der Waals surface area contributed by atoms with Crippen molar-refractivity contribution in [1.29, 1.82) is 5.26 Å². The van der Waals surface area contributed by atoms with E-state index < -0.39 is 0 Å². The van der Waals surface area contributed by atoms with Crippen LogP contribution in [-0.4, -0.2) is 132 Å². The first-order valence-corrected chi connectivity index (χ1v) is 24.2. The SMILES string of the molecule is CC(=O)N1c2ccc(-c3ccc(C(=O)NCCOCCOCCOCCOCCOCCNC(=O)C4CCCN(C(=O)/C(C#N)=C/c5nccs5)C4)cc3)cc2C(Nc2ccc(Cl)cc2)CC1C. The minimum atomic E-state index is -0.385. The molecule has 68 heavy (non-hydrogen) atoms. The van der Waals surface area contributed by atoms with Gasteiger partial charge in [-0.25, -0.2) is 4.98 Å². The van der Waals surface area contributed by atoms with Gasteiger partial charge in [0.1, 0.15) is 16.6 Å². The molecule has 1 aromatic heterocycles. The van der Waals surface area contributed by atoms with Crippen molar-refractivity contribution in [1.82, 2.24) is 20.5 Å². The van der Waals surface area contributed by atoms with E-state index in [-0.39, 0.29) is 53.7 Å². The smallest absolute Gasteiger partial charge is 0.264 e. The average molecular weight is 971 g/mol. The molecule has 0 radical (unpaired) electrons. The molecule has 16 nitrogen and oxygen atoms in total. The first-order valence-electron chi connectivity index (χ1n) is 22.9. The summed E-state index contributed by atoms with van der Waals surface area (Å²) in [6.45, 7) is 8.97. The van der Waals surface area contributed by atoms with Crippen molar-refractivity contribution in [2.45, 2.75) is 45.2 Å². The maximum absolute atomic E-state index is 12.9. The highest BCUT2D eigenvalue weighted by molar-refractivity contribution is 7.10. The molecule has 0 spiro atoms. The second kappa shape index (κ2) is 27.3. The summed E-state index contributed by atoms with van der Waals surface area (Å²) in [6.07, 6.45) is 5.19. The van der Waals surface area contributed by atoms with E-state index in [2.05, 4.69) is 33.9 Å². The molecule has 0 saturated carbocycles. The third-order valence-electron chi connectivity index (χ3n) is 11.4. The lowest BCUT2D eigenvalue weighted by Crippen LogP contribution is -2.46. The summed E-state index contributed by atoms with van der Waals surface area (Å²) in [4.78, 5) is 58.7. The van der Waals surface area contributed by atoms with E-state index in [0.717, 1.165) is 34.5 Å². The normalized spacial score (nSPS) is 17.0. The second-order valence-corrected chi connectivity index (χ2v) is 17.6. The van der Waals surface area contributed by atoms with Crippen LogP contribution in [0.4, 0.5) is 11.4 Å². The number of hydrogen-bond donors (Lipinski definition) is 3. The fourth-order valence-corrected chi connectivity index (χ4v) is 8.74. The van der Waals surface area contributed by atoms with Gasteiger partial charge < -0.3 is 49.4 Å². The summed E-state index contributed by atoms with van der Waals surface area (Å²) < 4.78 is 27.8. The van der Waals surface area contributed by atoms with Gasteiger partial charge in [0, 0.05) is 72.7 Å². The van der Waals surface area contributed by atoms with Crippen molar-refractivity contribution < 1.29 is 42.9 Å². The number of likely N-dealkylation sites (tertiary alicyclic amines) is 1. The number of aromatic nitrogens is 1. The summed E-state index contributed by atoms with van der Waals surface area (Å²) in [5, 5.41) is 21.9. The second-order valence-electron chi connectivity index (χ2n) is 16.3. The van der Waals surface area contributed by atoms with E-state index in [0.29, 0.717) is 114 Å². The number of fused-ring (bicyclic) bond motifs is 1. The Morgan fingerprint density at radius 3 is 2.06 bits per heavy atom. The van der Waals surface area contributed by atoms with Gasteiger partial charge in [-0.3, -0.25) is 19.2 Å². The number of thiazole rings is 1. The minimum Gasteiger partial charge on any atom is -0.378 e. The van der Waals surface area contributed by atoms with Crippen LogP contribution in [-0.2, 0) is 38.1 Å². The van der Waals surface area contributed by atoms with Crippen molar-refractivity contribution in [3.63, 3.8) is 0 Å². The Kier molecular flexibility index (Phi) is 20.8. The van der Waals surface area contributed by atoms with Gasteiger partial charge in [-0.2, -0.15) is 5.26 Å². The molecule has 3 aromatic carbocycles. The zero-order valence-corrected chi connectivity index (χ0v) is 40.2. The van der Waals surface area contributed by atoms with E-state index >= 15 is 0 Å². The molecule has 6 rings (SSSR count). The molecule has 1 fully saturated rings. The van der Waals surface area contributed by atoms with Crippen LogP contribution in [0.25, 0.3) is 17.2 Å². The number of ether oxygens (including phenoxy) is 5. The van der Waals surface area contributed by atoms with Crippen LogP contribution < -0.4 is 20.9 Å². The zero-order chi connectivity index (χ0) is 48.1. The summed E-state index contributed by atoms with van der Waals surface area (Å²) in [5.41, 5.74) is 5.37. The summed E-state index contributed by atoms with van der Waals surface area (Å²) in [7, 11) is 0. The minimum absolute atomic E-state index is 0.00263. The van der Waals surface area contributed by atoms with Crippen LogP contribution in [0.1, 0.15) is 60.1 Å². The molecule has 3 heterocycles. The molecule has 18 heteroatoms. The third-order valence-corrected chi connectivity index (χ3v) is 12.4. The molecule has 3 atom stereocenters. The van der Waals surface area contributed by atoms with Crippen molar-refractivity contribution in [2.75, 3.05) is 102 Å². The molecule has 4 aromatic rings. The van der Waals surface area contributed by atoms with E-state index in [1.54, 1.807) is 35.5 Å². The quantitative estimate of drug-likeness (QED) is 0.0370. The number of rotatable bonds is 25. The lowest BCUT2D eigenvalue weighted by atomic mass is 9.88. The van der Waals surface area contributed by atoms with Crippen LogP contribution in [0.3, 0.4) is 0 Å². The Balaban J connectivity index is 0.754. The molecule has 4 amide bonds. The Morgan fingerprint density at radius 1 is 0.838 bits per heavy atom. The number of anilines is 2. The number of hydrogen-bond acceptors (Lipinski definition) is 13. The first kappa shape index (κ1) is 51.7. The number of carbonyl (C=O) groups is 4. The number of nitrogens with zero attached hydrogens (tertiary/aromatic N) is 4. The van der Waals surface area contributed by atoms with Crippen LogP contribution in [0.5, 0.6) is 0 Å². The molecule has 362 valence electrons. The Labute approximate surface area is 406 Å². The van der Waals surface area contributed by atoms with E-state index in [1.807, 2.05) is 59.5 Å². The standard InChI is InChI=1S/C50H60ClN7O9S/c1-35-30-45(56-43-12-10-42(51)11-13-43)44-31-39(9-14-46(44)58(35)36(2)59)37-5-7-38(8-6-37)48(60)54-15-19-63-21-23-65-25-27-67-28-26-66-24-22-64-20-16-55-49(61)40-4-3-18-57(34-40)50(62)41(33-52)32-47-53-17-29-68-47/h5-14,17,29,31-32,35,40,45,56H,3-4,15-16,18-28,30,34H2,1-2H3,(H,54,60)(H,55,61)/b41-32+. The molecule has 0 aliphatic carbocycles. The third kappa shape index (κ3) is 15.7. The van der Waals surface area contributed by atoms with Gasteiger partial charge in [0.2, 0.25) is 11.8 Å². The van der Waals surface area contributed by atoms with E-state index in [4.69, 9.17) is 35.3 Å². The monoisotopic (exact) mass is 969 g/mol. The molecule has 2 aliphatic rings. The van der Waals surface area contributed by atoms with Gasteiger partial charge in [-0.05, 0) is 97.5 Å². The number of amides is 4. The summed E-state index contributed by atoms with van der Waals surface area (Å²) >= 11 is 7.46. The average Bonchev–Trinajstić information content (AvgIpc) is 3.87. The zero-order valence-electron chi connectivity index (χ0n) is 38.6. The molecule has 3 unspecified atom stereocenters. The Hall–Kier alpha value is -5.71. The van der Waals surface area contributed by atoms with Gasteiger partial charge in [-0.1, -0.05) is 29.8 Å². The van der Waals surface area contributed by atoms with Crippen LogP contribution in [0, 0.1) is 17.2 Å². The topological polar surface area (TPSA) is 194 Å². The summed E-state index contributed by atoms with van der Waals surface area (Å²) in [5.74, 6) is -1.06. The molecule has 1 saturated heterocycles.